The van der Waals surface area contributed by atoms with Crippen molar-refractivity contribution < 1.29 is 19.4 Å². The first kappa shape index (κ1) is 15.0. The minimum Gasteiger partial charge on any atom is -0.480 e. The number of aliphatic carboxylic acids is 1. The highest BCUT2D eigenvalue weighted by Crippen LogP contribution is 2.16. The van der Waals surface area contributed by atoms with E-state index >= 15 is 0 Å². The average Bonchev–Trinajstić information content (AvgIpc) is 2.86. The summed E-state index contributed by atoms with van der Waals surface area (Å²) in [7, 11) is 1.49. The first-order chi connectivity index (χ1) is 10.1. The molecule has 2 aromatic heterocycles. The summed E-state index contributed by atoms with van der Waals surface area (Å²) in [6.45, 7) is 0.272. The van der Waals surface area contributed by atoms with Gasteiger partial charge in [-0.25, -0.2) is 9.78 Å². The number of nitrogens with one attached hydrogen (secondary N) is 2. The first-order valence-electron chi connectivity index (χ1n) is 6.54. The van der Waals surface area contributed by atoms with Crippen molar-refractivity contribution in [2.75, 3.05) is 13.7 Å². The van der Waals surface area contributed by atoms with E-state index in [0.29, 0.717) is 5.65 Å². The van der Waals surface area contributed by atoms with Crippen molar-refractivity contribution in [3.05, 3.63) is 30.1 Å². The van der Waals surface area contributed by atoms with Gasteiger partial charge in [-0.15, -0.1) is 0 Å². The minimum atomic E-state index is -1.07. The van der Waals surface area contributed by atoms with Gasteiger partial charge >= 0.3 is 5.97 Å². The quantitative estimate of drug-likeness (QED) is 0.697. The standard InChI is InChI=1S/C14H17N3O4/c1-21-6-4-11(14(19)20)17-12(18)7-9-8-16-13-10(9)3-2-5-15-13/h2-3,5,8,11H,4,6-7H2,1H3,(H,15,16)(H,17,18)(H,19,20). The van der Waals surface area contributed by atoms with Crippen LogP contribution in [-0.4, -0.2) is 46.7 Å². The van der Waals surface area contributed by atoms with Crippen molar-refractivity contribution in [3.63, 3.8) is 0 Å². The smallest absolute Gasteiger partial charge is 0.326 e. The molecule has 0 spiro atoms. The molecule has 21 heavy (non-hydrogen) atoms. The van der Waals surface area contributed by atoms with Crippen LogP contribution in [-0.2, 0) is 20.7 Å². The predicted molar refractivity (Wildman–Crippen MR) is 75.9 cm³/mol. The zero-order valence-electron chi connectivity index (χ0n) is 11.6. The number of H-pyrrole nitrogens is 1. The number of fused-ring (bicyclic) bond motifs is 1. The Bertz CT molecular complexity index is 638. The first-order valence-corrected chi connectivity index (χ1v) is 6.54. The van der Waals surface area contributed by atoms with Crippen LogP contribution < -0.4 is 5.32 Å². The number of hydrogen-bond donors (Lipinski definition) is 3. The summed E-state index contributed by atoms with van der Waals surface area (Å²) in [5.41, 5.74) is 1.49. The van der Waals surface area contributed by atoms with Gasteiger partial charge in [0.1, 0.15) is 11.7 Å². The number of nitrogens with zero attached hydrogens (tertiary/aromatic N) is 1. The third-order valence-corrected chi connectivity index (χ3v) is 3.13. The Balaban J connectivity index is 2.02. The Morgan fingerprint density at radius 3 is 3.05 bits per heavy atom. The molecule has 2 rings (SSSR count). The van der Waals surface area contributed by atoms with E-state index in [-0.39, 0.29) is 25.4 Å². The van der Waals surface area contributed by atoms with Gasteiger partial charge < -0.3 is 20.1 Å². The summed E-state index contributed by atoms with van der Waals surface area (Å²) >= 11 is 0. The fourth-order valence-electron chi connectivity index (χ4n) is 2.07. The molecule has 7 nitrogen and oxygen atoms in total. The zero-order chi connectivity index (χ0) is 15.2. The van der Waals surface area contributed by atoms with Crippen molar-refractivity contribution in [1.29, 1.82) is 0 Å². The second-order valence-electron chi connectivity index (χ2n) is 4.63. The number of carbonyl (C=O) groups excluding carboxylic acids is 1. The maximum absolute atomic E-state index is 12.0. The van der Waals surface area contributed by atoms with Crippen molar-refractivity contribution in [2.45, 2.75) is 18.9 Å². The van der Waals surface area contributed by atoms with E-state index in [1.54, 1.807) is 18.5 Å². The molecule has 2 aromatic rings. The van der Waals surface area contributed by atoms with E-state index in [0.717, 1.165) is 10.9 Å². The number of rotatable bonds is 7. The molecule has 0 aliphatic rings. The van der Waals surface area contributed by atoms with E-state index < -0.39 is 12.0 Å². The largest absolute Gasteiger partial charge is 0.480 e. The van der Waals surface area contributed by atoms with E-state index in [9.17, 15) is 9.59 Å². The molecule has 0 radical (unpaired) electrons. The van der Waals surface area contributed by atoms with Crippen LogP contribution in [0.1, 0.15) is 12.0 Å². The number of amides is 1. The van der Waals surface area contributed by atoms with Crippen LogP contribution in [0.3, 0.4) is 0 Å². The molecule has 3 N–H and O–H groups in total. The Labute approximate surface area is 121 Å². The molecular formula is C14H17N3O4. The van der Waals surface area contributed by atoms with Gasteiger partial charge in [0, 0.05) is 37.9 Å². The van der Waals surface area contributed by atoms with Crippen molar-refractivity contribution in [1.82, 2.24) is 15.3 Å². The molecule has 0 bridgehead atoms. The van der Waals surface area contributed by atoms with Crippen LogP contribution in [0.2, 0.25) is 0 Å². The molecule has 0 aliphatic heterocycles. The van der Waals surface area contributed by atoms with Crippen LogP contribution in [0.4, 0.5) is 0 Å². The monoisotopic (exact) mass is 291 g/mol. The molecule has 2 heterocycles. The molecule has 0 saturated heterocycles. The van der Waals surface area contributed by atoms with E-state index in [1.165, 1.54) is 7.11 Å². The Morgan fingerprint density at radius 1 is 1.52 bits per heavy atom. The zero-order valence-corrected chi connectivity index (χ0v) is 11.6. The molecule has 112 valence electrons. The molecule has 1 atom stereocenters. The van der Waals surface area contributed by atoms with Gasteiger partial charge in [0.15, 0.2) is 0 Å². The molecule has 1 amide bonds. The number of aromatic amines is 1. The molecule has 1 unspecified atom stereocenters. The predicted octanol–water partition coefficient (Wildman–Crippen LogP) is 0.711. The van der Waals surface area contributed by atoms with Crippen LogP contribution in [0.5, 0.6) is 0 Å². The van der Waals surface area contributed by atoms with Gasteiger partial charge in [0.25, 0.3) is 0 Å². The lowest BCUT2D eigenvalue weighted by molar-refractivity contribution is -0.142. The van der Waals surface area contributed by atoms with Crippen molar-refractivity contribution >= 4 is 22.9 Å². The summed E-state index contributed by atoms with van der Waals surface area (Å²) in [5.74, 6) is -1.41. The Kier molecular flexibility index (Phi) is 4.89. The van der Waals surface area contributed by atoms with Gasteiger partial charge in [-0.3, -0.25) is 4.79 Å². The van der Waals surface area contributed by atoms with Crippen LogP contribution in [0.15, 0.2) is 24.5 Å². The molecule has 0 saturated carbocycles. The lowest BCUT2D eigenvalue weighted by Crippen LogP contribution is -2.42. The highest BCUT2D eigenvalue weighted by molar-refractivity contribution is 5.89. The summed E-state index contributed by atoms with van der Waals surface area (Å²) in [5, 5.41) is 12.4. The summed E-state index contributed by atoms with van der Waals surface area (Å²) in [6.07, 6.45) is 3.70. The second kappa shape index (κ2) is 6.85. The third kappa shape index (κ3) is 3.79. The maximum atomic E-state index is 12.0. The van der Waals surface area contributed by atoms with E-state index in [4.69, 9.17) is 9.84 Å². The molecular weight excluding hydrogens is 274 g/mol. The number of methoxy groups -OCH3 is 1. The van der Waals surface area contributed by atoms with Crippen molar-refractivity contribution in [3.8, 4) is 0 Å². The number of aromatic nitrogens is 2. The highest BCUT2D eigenvalue weighted by atomic mass is 16.5. The fraction of sp³-hybridized carbons (Fsp3) is 0.357. The Morgan fingerprint density at radius 2 is 2.33 bits per heavy atom. The summed E-state index contributed by atoms with van der Waals surface area (Å²) in [4.78, 5) is 30.2. The number of pyridine rings is 1. The van der Waals surface area contributed by atoms with Crippen LogP contribution in [0, 0.1) is 0 Å². The number of carboxylic acids is 1. The molecule has 7 heteroatoms. The van der Waals surface area contributed by atoms with Gasteiger partial charge in [0.05, 0.1) is 6.42 Å². The molecule has 0 aliphatic carbocycles. The lowest BCUT2D eigenvalue weighted by Gasteiger charge is -2.13. The molecule has 0 fully saturated rings. The minimum absolute atomic E-state index is 0.0997. The van der Waals surface area contributed by atoms with Gasteiger partial charge in [-0.1, -0.05) is 0 Å². The van der Waals surface area contributed by atoms with Crippen LogP contribution >= 0.6 is 0 Å². The second-order valence-corrected chi connectivity index (χ2v) is 4.63. The number of ether oxygens (including phenoxy) is 1. The van der Waals surface area contributed by atoms with Gasteiger partial charge in [0.2, 0.25) is 5.91 Å². The average molecular weight is 291 g/mol. The summed E-state index contributed by atoms with van der Waals surface area (Å²) in [6, 6.07) is 2.71. The Hall–Kier alpha value is -2.41. The fourth-order valence-corrected chi connectivity index (χ4v) is 2.07. The third-order valence-electron chi connectivity index (χ3n) is 3.13. The van der Waals surface area contributed by atoms with Gasteiger partial charge in [-0.2, -0.15) is 0 Å². The number of hydrogen-bond acceptors (Lipinski definition) is 4. The van der Waals surface area contributed by atoms with E-state index in [2.05, 4.69) is 15.3 Å². The molecule has 0 aromatic carbocycles. The number of carbonyl (C=O) groups is 2. The normalized spacial score (nSPS) is 12.2. The van der Waals surface area contributed by atoms with E-state index in [1.807, 2.05) is 6.07 Å². The lowest BCUT2D eigenvalue weighted by atomic mass is 10.1. The highest BCUT2D eigenvalue weighted by Gasteiger charge is 2.20. The summed E-state index contributed by atoms with van der Waals surface area (Å²) < 4.78 is 4.84. The van der Waals surface area contributed by atoms with Crippen molar-refractivity contribution in [2.24, 2.45) is 0 Å². The number of carboxylic acid groups (broad SMARTS) is 1. The topological polar surface area (TPSA) is 104 Å². The van der Waals surface area contributed by atoms with Gasteiger partial charge in [-0.05, 0) is 17.7 Å². The maximum Gasteiger partial charge on any atom is 0.326 e. The van der Waals surface area contributed by atoms with Crippen LogP contribution in [0.25, 0.3) is 11.0 Å². The SMILES string of the molecule is COCCC(NC(=O)Cc1c[nH]c2ncccc12)C(=O)O.